The third-order valence-corrected chi connectivity index (χ3v) is 5.19. The number of amides is 1. The summed E-state index contributed by atoms with van der Waals surface area (Å²) in [7, 11) is -2.23. The summed E-state index contributed by atoms with van der Waals surface area (Å²) < 4.78 is 30.9. The van der Waals surface area contributed by atoms with Crippen LogP contribution in [0.2, 0.25) is 0 Å². The van der Waals surface area contributed by atoms with Gasteiger partial charge in [0.1, 0.15) is 0 Å². The summed E-state index contributed by atoms with van der Waals surface area (Å²) in [5, 5.41) is 2.71. The van der Waals surface area contributed by atoms with Crippen molar-refractivity contribution < 1.29 is 17.9 Å². The van der Waals surface area contributed by atoms with Gasteiger partial charge < -0.3 is 10.1 Å². The van der Waals surface area contributed by atoms with Crippen molar-refractivity contribution in [2.45, 2.75) is 23.8 Å². The van der Waals surface area contributed by atoms with Gasteiger partial charge in [-0.05, 0) is 25.0 Å². The van der Waals surface area contributed by atoms with Crippen LogP contribution < -0.4 is 5.32 Å². The average Bonchev–Trinajstić information content (AvgIpc) is 2.99. The molecular weight excluding hydrogens is 292 g/mol. The Morgan fingerprint density at radius 3 is 2.71 bits per heavy atom. The van der Waals surface area contributed by atoms with Crippen LogP contribution in [-0.4, -0.2) is 51.5 Å². The molecule has 116 valence electrons. The summed E-state index contributed by atoms with van der Waals surface area (Å²) in [6.07, 6.45) is 1.98. The molecule has 0 radical (unpaired) electrons. The number of hydrogen-bond donors (Lipinski definition) is 1. The summed E-state index contributed by atoms with van der Waals surface area (Å²) in [5.74, 6) is -0.326. The Balaban J connectivity index is 1.88. The van der Waals surface area contributed by atoms with E-state index < -0.39 is 10.0 Å². The van der Waals surface area contributed by atoms with Crippen molar-refractivity contribution in [1.29, 1.82) is 0 Å². The Hall–Kier alpha value is -1.44. The average molecular weight is 312 g/mol. The van der Waals surface area contributed by atoms with Crippen LogP contribution in [0.4, 0.5) is 0 Å². The number of nitrogens with one attached hydrogen (secondary N) is 1. The SMILES string of the molecule is CN(CC(=O)NCC1CCCO1)S(=O)(=O)c1ccccc1. The molecule has 21 heavy (non-hydrogen) atoms. The lowest BCUT2D eigenvalue weighted by molar-refractivity contribution is -0.121. The van der Waals surface area contributed by atoms with E-state index in [0.29, 0.717) is 6.54 Å². The molecule has 6 nitrogen and oxygen atoms in total. The molecule has 0 spiro atoms. The highest BCUT2D eigenvalue weighted by Gasteiger charge is 2.23. The zero-order valence-electron chi connectivity index (χ0n) is 12.0. The van der Waals surface area contributed by atoms with E-state index in [9.17, 15) is 13.2 Å². The fourth-order valence-electron chi connectivity index (χ4n) is 2.15. The number of carbonyl (C=O) groups is 1. The summed E-state index contributed by atoms with van der Waals surface area (Å²) in [5.41, 5.74) is 0. The Morgan fingerprint density at radius 2 is 2.10 bits per heavy atom. The van der Waals surface area contributed by atoms with Crippen LogP contribution in [0.15, 0.2) is 35.2 Å². The third-order valence-electron chi connectivity index (χ3n) is 3.37. The van der Waals surface area contributed by atoms with Crippen molar-refractivity contribution in [3.05, 3.63) is 30.3 Å². The van der Waals surface area contributed by atoms with Crippen molar-refractivity contribution in [2.24, 2.45) is 0 Å². The molecule has 0 aromatic heterocycles. The fraction of sp³-hybridized carbons (Fsp3) is 0.500. The molecule has 1 aliphatic heterocycles. The smallest absolute Gasteiger partial charge is 0.243 e. The summed E-state index contributed by atoms with van der Waals surface area (Å²) in [6.45, 7) is 0.949. The molecule has 1 heterocycles. The lowest BCUT2D eigenvalue weighted by Gasteiger charge is -2.17. The molecule has 1 saturated heterocycles. The van der Waals surface area contributed by atoms with E-state index in [-0.39, 0.29) is 23.5 Å². The van der Waals surface area contributed by atoms with Crippen LogP contribution in [0.25, 0.3) is 0 Å². The van der Waals surface area contributed by atoms with E-state index in [4.69, 9.17) is 4.74 Å². The van der Waals surface area contributed by atoms with Gasteiger partial charge in [-0.25, -0.2) is 8.42 Å². The highest BCUT2D eigenvalue weighted by molar-refractivity contribution is 7.89. The first-order chi connectivity index (χ1) is 10.00. The van der Waals surface area contributed by atoms with Crippen LogP contribution in [0, 0.1) is 0 Å². The van der Waals surface area contributed by atoms with Gasteiger partial charge in [-0.2, -0.15) is 4.31 Å². The summed E-state index contributed by atoms with van der Waals surface area (Å²) in [4.78, 5) is 12.0. The Bertz CT molecular complexity index is 568. The molecule has 0 bridgehead atoms. The fourth-order valence-corrected chi connectivity index (χ4v) is 3.30. The number of benzene rings is 1. The predicted molar refractivity (Wildman–Crippen MR) is 78.2 cm³/mol. The summed E-state index contributed by atoms with van der Waals surface area (Å²) in [6, 6.07) is 8.07. The van der Waals surface area contributed by atoms with Crippen molar-refractivity contribution in [1.82, 2.24) is 9.62 Å². The van der Waals surface area contributed by atoms with Crippen molar-refractivity contribution in [2.75, 3.05) is 26.7 Å². The molecule has 1 fully saturated rings. The number of hydrogen-bond acceptors (Lipinski definition) is 4. The van der Waals surface area contributed by atoms with Gasteiger partial charge in [0.25, 0.3) is 0 Å². The minimum absolute atomic E-state index is 0.0463. The Morgan fingerprint density at radius 1 is 1.38 bits per heavy atom. The Kier molecular flexibility index (Phi) is 5.33. The second-order valence-electron chi connectivity index (χ2n) is 5.01. The molecule has 1 aromatic rings. The largest absolute Gasteiger partial charge is 0.376 e. The van der Waals surface area contributed by atoms with Gasteiger partial charge in [0.05, 0.1) is 17.5 Å². The maximum Gasteiger partial charge on any atom is 0.243 e. The van der Waals surface area contributed by atoms with Gasteiger partial charge in [-0.15, -0.1) is 0 Å². The van der Waals surface area contributed by atoms with E-state index in [0.717, 1.165) is 23.8 Å². The van der Waals surface area contributed by atoms with Crippen LogP contribution in [0.3, 0.4) is 0 Å². The lowest BCUT2D eigenvalue weighted by atomic mass is 10.2. The standard InChI is InChI=1S/C14H20N2O4S/c1-16(21(18,19)13-7-3-2-4-8-13)11-14(17)15-10-12-6-5-9-20-12/h2-4,7-8,12H,5-6,9-11H2,1H3,(H,15,17). The van der Waals surface area contributed by atoms with Crippen molar-refractivity contribution in [3.8, 4) is 0 Å². The number of likely N-dealkylation sites (N-methyl/N-ethyl adjacent to an activating group) is 1. The molecular formula is C14H20N2O4S. The first-order valence-electron chi connectivity index (χ1n) is 6.90. The molecule has 2 rings (SSSR count). The zero-order chi connectivity index (χ0) is 15.3. The number of rotatable bonds is 6. The summed E-state index contributed by atoms with van der Waals surface area (Å²) >= 11 is 0. The van der Waals surface area contributed by atoms with Gasteiger partial charge >= 0.3 is 0 Å². The highest BCUT2D eigenvalue weighted by Crippen LogP contribution is 2.13. The minimum Gasteiger partial charge on any atom is -0.376 e. The minimum atomic E-state index is -3.63. The molecule has 7 heteroatoms. The van der Waals surface area contributed by atoms with Gasteiger partial charge in [0.2, 0.25) is 15.9 Å². The topological polar surface area (TPSA) is 75.7 Å². The second-order valence-corrected chi connectivity index (χ2v) is 7.06. The molecule has 0 saturated carbocycles. The van der Waals surface area contributed by atoms with Crippen LogP contribution in [0.5, 0.6) is 0 Å². The zero-order valence-corrected chi connectivity index (χ0v) is 12.8. The van der Waals surface area contributed by atoms with E-state index in [2.05, 4.69) is 5.32 Å². The molecule has 1 unspecified atom stereocenters. The molecule has 1 aromatic carbocycles. The Labute approximate surface area is 125 Å². The molecule has 1 N–H and O–H groups in total. The molecule has 1 amide bonds. The van der Waals surface area contributed by atoms with Gasteiger partial charge in [-0.1, -0.05) is 18.2 Å². The molecule has 1 aliphatic rings. The van der Waals surface area contributed by atoms with Crippen molar-refractivity contribution in [3.63, 3.8) is 0 Å². The van der Waals surface area contributed by atoms with E-state index >= 15 is 0 Å². The monoisotopic (exact) mass is 312 g/mol. The van der Waals surface area contributed by atoms with E-state index in [1.807, 2.05) is 0 Å². The third kappa shape index (κ3) is 4.26. The highest BCUT2D eigenvalue weighted by atomic mass is 32.2. The van der Waals surface area contributed by atoms with E-state index in [1.165, 1.54) is 19.2 Å². The second kappa shape index (κ2) is 7.02. The molecule has 1 atom stereocenters. The maximum atomic E-state index is 12.2. The quantitative estimate of drug-likeness (QED) is 0.835. The first-order valence-corrected chi connectivity index (χ1v) is 8.34. The molecule has 0 aliphatic carbocycles. The van der Waals surface area contributed by atoms with Crippen LogP contribution in [0.1, 0.15) is 12.8 Å². The number of ether oxygens (including phenoxy) is 1. The maximum absolute atomic E-state index is 12.2. The van der Waals surface area contributed by atoms with Crippen LogP contribution in [-0.2, 0) is 19.6 Å². The number of nitrogens with zero attached hydrogens (tertiary/aromatic N) is 1. The van der Waals surface area contributed by atoms with E-state index in [1.54, 1.807) is 18.2 Å². The van der Waals surface area contributed by atoms with Gasteiger partial charge in [-0.3, -0.25) is 4.79 Å². The first kappa shape index (κ1) is 15.9. The van der Waals surface area contributed by atoms with Gasteiger partial charge in [0, 0.05) is 20.2 Å². The number of carbonyl (C=O) groups excluding carboxylic acids is 1. The predicted octanol–water partition coefficient (Wildman–Crippen LogP) is 0.602. The van der Waals surface area contributed by atoms with Gasteiger partial charge in [0.15, 0.2) is 0 Å². The number of sulfonamides is 1. The normalized spacial score (nSPS) is 18.9. The lowest BCUT2D eigenvalue weighted by Crippen LogP contribution is -2.40. The van der Waals surface area contributed by atoms with Crippen molar-refractivity contribution >= 4 is 15.9 Å². The van der Waals surface area contributed by atoms with Crippen LogP contribution >= 0.6 is 0 Å².